The van der Waals surface area contributed by atoms with Crippen molar-refractivity contribution in [1.82, 2.24) is 4.57 Å². The highest BCUT2D eigenvalue weighted by atomic mass is 16.5. The van der Waals surface area contributed by atoms with Crippen molar-refractivity contribution in [3.8, 4) is 11.4 Å². The third-order valence-corrected chi connectivity index (χ3v) is 4.62. The lowest BCUT2D eigenvalue weighted by molar-refractivity contribution is -0.107. The number of aryl methyl sites for hydroxylation is 1. The molecule has 0 aliphatic rings. The van der Waals surface area contributed by atoms with Gasteiger partial charge >= 0.3 is 0 Å². The van der Waals surface area contributed by atoms with E-state index >= 15 is 0 Å². The molecule has 1 heterocycles. The van der Waals surface area contributed by atoms with Crippen molar-refractivity contribution < 1.29 is 9.53 Å². The highest BCUT2D eigenvalue weighted by Crippen LogP contribution is 2.37. The molecule has 3 aromatic carbocycles. The van der Waals surface area contributed by atoms with Gasteiger partial charge in [0.25, 0.3) is 0 Å². The van der Waals surface area contributed by atoms with Crippen LogP contribution in [0.4, 0.5) is 0 Å². The molecule has 0 bridgehead atoms. The zero-order valence-corrected chi connectivity index (χ0v) is 14.3. The average molecular weight is 329 g/mol. The van der Waals surface area contributed by atoms with Crippen LogP contribution in [0.1, 0.15) is 11.1 Å². The van der Waals surface area contributed by atoms with E-state index in [1.807, 2.05) is 25.1 Å². The predicted octanol–water partition coefficient (Wildman–Crippen LogP) is 4.84. The molecule has 1 aromatic heterocycles. The molecule has 0 fully saturated rings. The zero-order valence-electron chi connectivity index (χ0n) is 14.3. The number of nitrogens with zero attached hydrogens (tertiary/aromatic N) is 1. The second-order valence-corrected chi connectivity index (χ2v) is 6.22. The lowest BCUT2D eigenvalue weighted by Crippen LogP contribution is -2.03. The van der Waals surface area contributed by atoms with Gasteiger partial charge in [-0.2, -0.15) is 0 Å². The molecular weight excluding hydrogens is 310 g/mol. The summed E-state index contributed by atoms with van der Waals surface area (Å²) >= 11 is 0. The van der Waals surface area contributed by atoms with Gasteiger partial charge in [0.05, 0.1) is 23.8 Å². The molecule has 0 atom stereocenters. The van der Waals surface area contributed by atoms with Gasteiger partial charge in [0, 0.05) is 22.8 Å². The van der Waals surface area contributed by atoms with Crippen LogP contribution in [0, 0.1) is 6.92 Å². The molecule has 25 heavy (non-hydrogen) atoms. The van der Waals surface area contributed by atoms with Gasteiger partial charge in [0.1, 0.15) is 12.0 Å². The van der Waals surface area contributed by atoms with Gasteiger partial charge in [0.2, 0.25) is 0 Å². The van der Waals surface area contributed by atoms with E-state index in [1.54, 1.807) is 7.11 Å². The molecular formula is C22H19NO2. The first kappa shape index (κ1) is 15.5. The molecule has 3 nitrogen and oxygen atoms in total. The average Bonchev–Trinajstić information content (AvgIpc) is 2.96. The summed E-state index contributed by atoms with van der Waals surface area (Å²) in [6, 6.07) is 20.9. The van der Waals surface area contributed by atoms with E-state index in [-0.39, 0.29) is 0 Å². The number of rotatable bonds is 4. The van der Waals surface area contributed by atoms with Crippen molar-refractivity contribution >= 4 is 28.1 Å². The number of methoxy groups -OCH3 is 1. The molecule has 0 spiro atoms. The van der Waals surface area contributed by atoms with Crippen LogP contribution >= 0.6 is 0 Å². The second-order valence-electron chi connectivity index (χ2n) is 6.22. The Morgan fingerprint density at radius 3 is 2.12 bits per heavy atom. The molecule has 0 unspecified atom stereocenters. The number of hydrogen-bond donors (Lipinski definition) is 0. The molecule has 124 valence electrons. The minimum atomic E-state index is 0.342. The Labute approximate surface area is 146 Å². The summed E-state index contributed by atoms with van der Waals surface area (Å²) in [5.41, 5.74) is 5.25. The summed E-state index contributed by atoms with van der Waals surface area (Å²) in [6.45, 7) is 2.05. The Hall–Kier alpha value is -3.07. The lowest BCUT2D eigenvalue weighted by Gasteiger charge is -2.16. The number of aldehydes is 1. The van der Waals surface area contributed by atoms with Crippen LogP contribution in [0.3, 0.4) is 0 Å². The quantitative estimate of drug-likeness (QED) is 0.502. The molecule has 0 saturated carbocycles. The fourth-order valence-corrected chi connectivity index (χ4v) is 3.65. The Bertz CT molecular complexity index is 1040. The first-order valence-electron chi connectivity index (χ1n) is 8.34. The first-order chi connectivity index (χ1) is 12.2. The Kier molecular flexibility index (Phi) is 3.77. The maximum Gasteiger partial charge on any atom is 0.146 e. The van der Waals surface area contributed by atoms with Gasteiger partial charge in [-0.05, 0) is 30.7 Å². The highest BCUT2D eigenvalue weighted by Gasteiger charge is 2.17. The summed E-state index contributed by atoms with van der Waals surface area (Å²) in [5, 5.41) is 2.41. The molecule has 0 amide bonds. The van der Waals surface area contributed by atoms with Crippen LogP contribution in [-0.2, 0) is 11.2 Å². The van der Waals surface area contributed by atoms with Gasteiger partial charge in [-0.25, -0.2) is 0 Å². The smallest absolute Gasteiger partial charge is 0.146 e. The Balaban J connectivity index is 2.16. The van der Waals surface area contributed by atoms with Crippen molar-refractivity contribution in [3.05, 3.63) is 71.8 Å². The van der Waals surface area contributed by atoms with E-state index < -0.39 is 0 Å². The van der Waals surface area contributed by atoms with E-state index in [0.29, 0.717) is 6.42 Å². The normalized spacial score (nSPS) is 11.1. The number of fused-ring (bicyclic) bond motifs is 3. The Morgan fingerprint density at radius 1 is 0.960 bits per heavy atom. The van der Waals surface area contributed by atoms with Crippen LogP contribution in [0.5, 0.6) is 5.75 Å². The third-order valence-electron chi connectivity index (χ3n) is 4.62. The van der Waals surface area contributed by atoms with Gasteiger partial charge in [-0.15, -0.1) is 0 Å². The van der Waals surface area contributed by atoms with Gasteiger partial charge < -0.3 is 14.1 Å². The number of carbonyl (C=O) groups is 1. The van der Waals surface area contributed by atoms with Gasteiger partial charge in [0.15, 0.2) is 0 Å². The molecule has 4 aromatic rings. The fraction of sp³-hybridized carbons (Fsp3) is 0.136. The largest absolute Gasteiger partial charge is 0.494 e. The van der Waals surface area contributed by atoms with E-state index in [4.69, 9.17) is 4.74 Å². The van der Waals surface area contributed by atoms with Gasteiger partial charge in [-0.3, -0.25) is 0 Å². The highest BCUT2D eigenvalue weighted by molar-refractivity contribution is 6.09. The molecule has 0 aliphatic carbocycles. The van der Waals surface area contributed by atoms with Gasteiger partial charge in [-0.1, -0.05) is 42.5 Å². The van der Waals surface area contributed by atoms with E-state index in [2.05, 4.69) is 47.0 Å². The number of hydrogen-bond acceptors (Lipinski definition) is 2. The van der Waals surface area contributed by atoms with Crippen molar-refractivity contribution in [2.24, 2.45) is 0 Å². The van der Waals surface area contributed by atoms with Crippen LogP contribution < -0.4 is 4.74 Å². The number of carbonyl (C=O) groups excluding carboxylic acids is 1. The molecule has 0 radical (unpaired) electrons. The summed E-state index contributed by atoms with van der Waals surface area (Å²) in [7, 11) is 1.66. The number of para-hydroxylation sites is 2. The molecule has 0 saturated heterocycles. The first-order valence-corrected chi connectivity index (χ1v) is 8.34. The summed E-state index contributed by atoms with van der Waals surface area (Å²) in [5.74, 6) is 0.754. The monoisotopic (exact) mass is 329 g/mol. The number of benzene rings is 3. The fourth-order valence-electron chi connectivity index (χ4n) is 3.65. The van der Waals surface area contributed by atoms with Crippen LogP contribution in [0.25, 0.3) is 27.5 Å². The molecule has 0 N–H and O–H groups in total. The molecule has 4 rings (SSSR count). The van der Waals surface area contributed by atoms with Crippen molar-refractivity contribution in [1.29, 1.82) is 0 Å². The zero-order chi connectivity index (χ0) is 17.4. The standard InChI is InChI=1S/C22H19NO2/c1-15-13-16(11-12-24)22(25-2)21(14-15)23-19-9-5-3-7-17(19)18-8-4-6-10-20(18)23/h3-10,12-14H,11H2,1-2H3. The molecule has 0 aliphatic heterocycles. The second kappa shape index (κ2) is 6.10. The SMILES string of the molecule is COc1c(CC=O)cc(C)cc1-n1c2ccccc2c2ccccc21. The maximum absolute atomic E-state index is 11.1. The van der Waals surface area contributed by atoms with E-state index in [0.717, 1.165) is 39.9 Å². The Morgan fingerprint density at radius 2 is 1.56 bits per heavy atom. The number of ether oxygens (including phenoxy) is 1. The van der Waals surface area contributed by atoms with Crippen molar-refractivity contribution in [2.75, 3.05) is 7.11 Å². The van der Waals surface area contributed by atoms with E-state index in [1.165, 1.54) is 10.8 Å². The lowest BCUT2D eigenvalue weighted by atomic mass is 10.1. The minimum absolute atomic E-state index is 0.342. The minimum Gasteiger partial charge on any atom is -0.494 e. The van der Waals surface area contributed by atoms with Crippen molar-refractivity contribution in [3.63, 3.8) is 0 Å². The van der Waals surface area contributed by atoms with Crippen LogP contribution in [0.2, 0.25) is 0 Å². The van der Waals surface area contributed by atoms with E-state index in [9.17, 15) is 4.79 Å². The summed E-state index contributed by atoms with van der Waals surface area (Å²) < 4.78 is 7.95. The summed E-state index contributed by atoms with van der Waals surface area (Å²) in [6.07, 6.45) is 1.27. The molecule has 3 heteroatoms. The topological polar surface area (TPSA) is 31.2 Å². The predicted molar refractivity (Wildman–Crippen MR) is 102 cm³/mol. The summed E-state index contributed by atoms with van der Waals surface area (Å²) in [4.78, 5) is 11.1. The number of aromatic nitrogens is 1. The van der Waals surface area contributed by atoms with Crippen molar-refractivity contribution in [2.45, 2.75) is 13.3 Å². The third kappa shape index (κ3) is 2.40. The van der Waals surface area contributed by atoms with Crippen LogP contribution in [0.15, 0.2) is 60.7 Å². The van der Waals surface area contributed by atoms with Crippen LogP contribution in [-0.4, -0.2) is 18.0 Å². The maximum atomic E-state index is 11.1.